The van der Waals surface area contributed by atoms with Crippen LogP contribution >= 0.6 is 0 Å². The first kappa shape index (κ1) is 20.1. The van der Waals surface area contributed by atoms with Crippen LogP contribution in [0.2, 0.25) is 0 Å². The van der Waals surface area contributed by atoms with Gasteiger partial charge in [-0.3, -0.25) is 4.79 Å². The van der Waals surface area contributed by atoms with Crippen molar-refractivity contribution in [2.75, 3.05) is 19.4 Å². The number of rotatable bonds is 7. The van der Waals surface area contributed by atoms with E-state index in [1.165, 1.54) is 25.3 Å². The summed E-state index contributed by atoms with van der Waals surface area (Å²) in [6, 6.07) is 14.6. The maximum absolute atomic E-state index is 12.1. The molecule has 140 valence electrons. The standard InChI is InChI=1S/C19H25N3O3S/c1-14(17-7-11-19(12-8-17)26(24,25)22(3)4)20-13-16-5-9-18(10-6-16)21-15(2)23/h5-12,14,20H,13H2,1-4H3,(H,21,23). The normalized spacial score (nSPS) is 12.8. The fourth-order valence-corrected chi connectivity index (χ4v) is 3.34. The van der Waals surface area contributed by atoms with Gasteiger partial charge in [-0.15, -0.1) is 0 Å². The minimum absolute atomic E-state index is 0.0705. The average molecular weight is 375 g/mol. The lowest BCUT2D eigenvalue weighted by atomic mass is 10.1. The van der Waals surface area contributed by atoms with E-state index in [9.17, 15) is 13.2 Å². The molecular formula is C19H25N3O3S. The van der Waals surface area contributed by atoms with Crippen LogP contribution in [0.1, 0.15) is 31.0 Å². The van der Waals surface area contributed by atoms with Crippen molar-refractivity contribution in [1.82, 2.24) is 9.62 Å². The van der Waals surface area contributed by atoms with Gasteiger partial charge in [-0.1, -0.05) is 24.3 Å². The average Bonchev–Trinajstić information content (AvgIpc) is 2.60. The lowest BCUT2D eigenvalue weighted by Crippen LogP contribution is -2.22. The van der Waals surface area contributed by atoms with E-state index >= 15 is 0 Å². The summed E-state index contributed by atoms with van der Waals surface area (Å²) in [6.45, 7) is 4.17. The summed E-state index contributed by atoms with van der Waals surface area (Å²) < 4.78 is 25.4. The van der Waals surface area contributed by atoms with Crippen molar-refractivity contribution in [3.63, 3.8) is 0 Å². The number of sulfonamides is 1. The highest BCUT2D eigenvalue weighted by Gasteiger charge is 2.17. The highest BCUT2D eigenvalue weighted by Crippen LogP contribution is 2.19. The minimum Gasteiger partial charge on any atom is -0.326 e. The minimum atomic E-state index is -3.40. The van der Waals surface area contributed by atoms with E-state index in [2.05, 4.69) is 10.6 Å². The van der Waals surface area contributed by atoms with Gasteiger partial charge in [0.1, 0.15) is 0 Å². The van der Waals surface area contributed by atoms with Crippen molar-refractivity contribution in [2.24, 2.45) is 0 Å². The van der Waals surface area contributed by atoms with Crippen LogP contribution in [0.15, 0.2) is 53.4 Å². The molecule has 0 aliphatic carbocycles. The van der Waals surface area contributed by atoms with Crippen molar-refractivity contribution in [2.45, 2.75) is 31.3 Å². The zero-order valence-corrected chi connectivity index (χ0v) is 16.3. The second-order valence-electron chi connectivity index (χ2n) is 6.34. The summed E-state index contributed by atoms with van der Waals surface area (Å²) in [5, 5.41) is 6.15. The van der Waals surface area contributed by atoms with Gasteiger partial charge < -0.3 is 10.6 Å². The lowest BCUT2D eigenvalue weighted by molar-refractivity contribution is -0.114. The zero-order valence-electron chi connectivity index (χ0n) is 15.5. The van der Waals surface area contributed by atoms with E-state index in [-0.39, 0.29) is 16.8 Å². The second-order valence-corrected chi connectivity index (χ2v) is 8.49. The molecule has 7 heteroatoms. The van der Waals surface area contributed by atoms with E-state index in [0.29, 0.717) is 6.54 Å². The van der Waals surface area contributed by atoms with E-state index in [1.54, 1.807) is 12.1 Å². The largest absolute Gasteiger partial charge is 0.326 e. The fraction of sp³-hybridized carbons (Fsp3) is 0.316. The topological polar surface area (TPSA) is 78.5 Å². The van der Waals surface area contributed by atoms with Crippen LogP contribution in [0, 0.1) is 0 Å². The smallest absolute Gasteiger partial charge is 0.242 e. The molecule has 0 spiro atoms. The highest BCUT2D eigenvalue weighted by atomic mass is 32.2. The van der Waals surface area contributed by atoms with Crippen LogP contribution in [-0.2, 0) is 21.4 Å². The Labute approximate surface area is 155 Å². The van der Waals surface area contributed by atoms with Crippen molar-refractivity contribution >= 4 is 21.6 Å². The highest BCUT2D eigenvalue weighted by molar-refractivity contribution is 7.89. The van der Waals surface area contributed by atoms with E-state index in [1.807, 2.05) is 43.3 Å². The Kier molecular flexibility index (Phi) is 6.52. The maximum atomic E-state index is 12.1. The molecule has 0 fully saturated rings. The fourth-order valence-electron chi connectivity index (χ4n) is 2.44. The Morgan fingerprint density at radius 1 is 1.04 bits per heavy atom. The molecule has 0 heterocycles. The van der Waals surface area contributed by atoms with Gasteiger partial charge in [-0.05, 0) is 42.3 Å². The SMILES string of the molecule is CC(=O)Nc1ccc(CNC(C)c2ccc(S(=O)(=O)N(C)C)cc2)cc1. The summed E-state index contributed by atoms with van der Waals surface area (Å²) in [4.78, 5) is 11.3. The predicted molar refractivity (Wildman–Crippen MR) is 103 cm³/mol. The Morgan fingerprint density at radius 2 is 1.62 bits per heavy atom. The molecule has 2 aromatic carbocycles. The summed E-state index contributed by atoms with van der Waals surface area (Å²) >= 11 is 0. The van der Waals surface area contributed by atoms with E-state index < -0.39 is 10.0 Å². The number of benzene rings is 2. The molecule has 26 heavy (non-hydrogen) atoms. The molecule has 1 unspecified atom stereocenters. The molecule has 2 aromatic rings. The lowest BCUT2D eigenvalue weighted by Gasteiger charge is -2.16. The van der Waals surface area contributed by atoms with Crippen molar-refractivity contribution in [1.29, 1.82) is 0 Å². The van der Waals surface area contributed by atoms with Gasteiger partial charge in [-0.25, -0.2) is 12.7 Å². The summed E-state index contributed by atoms with van der Waals surface area (Å²) in [5.41, 5.74) is 2.88. The second kappa shape index (κ2) is 8.44. The molecule has 2 rings (SSSR count). The number of anilines is 1. The number of nitrogens with zero attached hydrogens (tertiary/aromatic N) is 1. The predicted octanol–water partition coefficient (Wildman–Crippen LogP) is 2.75. The Morgan fingerprint density at radius 3 is 2.12 bits per heavy atom. The number of hydrogen-bond acceptors (Lipinski definition) is 4. The van der Waals surface area contributed by atoms with Gasteiger partial charge in [0.15, 0.2) is 0 Å². The number of carbonyl (C=O) groups excluding carboxylic acids is 1. The Hall–Kier alpha value is -2.22. The van der Waals surface area contributed by atoms with Crippen LogP contribution in [0.4, 0.5) is 5.69 Å². The Bertz CT molecular complexity index is 845. The zero-order chi connectivity index (χ0) is 19.3. The maximum Gasteiger partial charge on any atom is 0.242 e. The number of nitrogens with one attached hydrogen (secondary N) is 2. The monoisotopic (exact) mass is 375 g/mol. The van der Waals surface area contributed by atoms with Gasteiger partial charge in [-0.2, -0.15) is 0 Å². The van der Waals surface area contributed by atoms with Crippen molar-refractivity contribution in [3.8, 4) is 0 Å². The third-order valence-electron chi connectivity index (χ3n) is 4.05. The van der Waals surface area contributed by atoms with Gasteiger partial charge in [0.05, 0.1) is 4.90 Å². The van der Waals surface area contributed by atoms with Gasteiger partial charge in [0.2, 0.25) is 15.9 Å². The first-order valence-electron chi connectivity index (χ1n) is 8.32. The van der Waals surface area contributed by atoms with Gasteiger partial charge >= 0.3 is 0 Å². The summed E-state index contributed by atoms with van der Waals surface area (Å²) in [5.74, 6) is -0.0933. The first-order chi connectivity index (χ1) is 12.2. The molecule has 0 saturated carbocycles. The van der Waals surface area contributed by atoms with E-state index in [4.69, 9.17) is 0 Å². The molecule has 1 amide bonds. The molecule has 2 N–H and O–H groups in total. The van der Waals surface area contributed by atoms with E-state index in [0.717, 1.165) is 16.8 Å². The van der Waals surface area contributed by atoms with Crippen LogP contribution in [0.25, 0.3) is 0 Å². The molecule has 0 saturated heterocycles. The third-order valence-corrected chi connectivity index (χ3v) is 5.87. The van der Waals surface area contributed by atoms with Crippen molar-refractivity contribution in [3.05, 3.63) is 59.7 Å². The molecule has 0 bridgehead atoms. The number of hydrogen-bond donors (Lipinski definition) is 2. The molecule has 1 atom stereocenters. The first-order valence-corrected chi connectivity index (χ1v) is 9.76. The Balaban J connectivity index is 1.97. The van der Waals surface area contributed by atoms with Crippen LogP contribution in [0.3, 0.4) is 0 Å². The van der Waals surface area contributed by atoms with Crippen LogP contribution in [-0.4, -0.2) is 32.7 Å². The molecule has 0 aliphatic heterocycles. The third kappa shape index (κ3) is 5.14. The molecule has 0 aromatic heterocycles. The van der Waals surface area contributed by atoms with Gasteiger partial charge in [0, 0.05) is 39.3 Å². The number of amides is 1. The van der Waals surface area contributed by atoms with Crippen LogP contribution < -0.4 is 10.6 Å². The van der Waals surface area contributed by atoms with Crippen LogP contribution in [0.5, 0.6) is 0 Å². The van der Waals surface area contributed by atoms with Gasteiger partial charge in [0.25, 0.3) is 0 Å². The number of carbonyl (C=O) groups is 1. The molecule has 0 radical (unpaired) electrons. The van der Waals surface area contributed by atoms with Crippen molar-refractivity contribution < 1.29 is 13.2 Å². The quantitative estimate of drug-likeness (QED) is 0.780. The molecular weight excluding hydrogens is 350 g/mol. The summed E-state index contributed by atoms with van der Waals surface area (Å²) in [6.07, 6.45) is 0. The summed E-state index contributed by atoms with van der Waals surface area (Å²) in [7, 11) is -0.367. The molecule has 6 nitrogen and oxygen atoms in total. The molecule has 0 aliphatic rings.